The van der Waals surface area contributed by atoms with Gasteiger partial charge in [-0.15, -0.1) is 23.2 Å². The average molecular weight is 295 g/mol. The lowest BCUT2D eigenvalue weighted by atomic mass is 9.83. The first kappa shape index (κ1) is 13.9. The molecular weight excluding hydrogens is 279 g/mol. The lowest BCUT2D eigenvalue weighted by Gasteiger charge is -2.27. The van der Waals surface area contributed by atoms with Crippen molar-refractivity contribution in [3.63, 3.8) is 0 Å². The minimum Gasteiger partial charge on any atom is -0.465 e. The van der Waals surface area contributed by atoms with Crippen molar-refractivity contribution in [3.05, 3.63) is 0 Å². The largest absolute Gasteiger partial charge is 0.465 e. The van der Waals surface area contributed by atoms with Crippen LogP contribution in [0.1, 0.15) is 26.7 Å². The highest BCUT2D eigenvalue weighted by Crippen LogP contribution is 2.71. The van der Waals surface area contributed by atoms with Crippen LogP contribution in [0.5, 0.6) is 0 Å². The van der Waals surface area contributed by atoms with E-state index in [4.69, 9.17) is 32.7 Å². The van der Waals surface area contributed by atoms with Gasteiger partial charge < -0.3 is 9.47 Å². The van der Waals surface area contributed by atoms with Crippen molar-refractivity contribution in [1.29, 1.82) is 0 Å². The molecule has 0 radical (unpaired) electrons. The van der Waals surface area contributed by atoms with Gasteiger partial charge in [0, 0.05) is 0 Å². The third-order valence-corrected chi connectivity index (χ3v) is 4.96. The number of fused-ring (bicyclic) bond motifs is 1. The highest BCUT2D eigenvalue weighted by molar-refractivity contribution is 6.51. The molecule has 18 heavy (non-hydrogen) atoms. The average Bonchev–Trinajstić information content (AvgIpc) is 2.68. The summed E-state index contributed by atoms with van der Waals surface area (Å²) in [7, 11) is 0. The lowest BCUT2D eigenvalue weighted by Crippen LogP contribution is -2.42. The predicted molar refractivity (Wildman–Crippen MR) is 66.4 cm³/mol. The first-order chi connectivity index (χ1) is 8.40. The van der Waals surface area contributed by atoms with Gasteiger partial charge >= 0.3 is 11.9 Å². The zero-order valence-corrected chi connectivity index (χ0v) is 11.9. The maximum Gasteiger partial charge on any atom is 0.323 e. The van der Waals surface area contributed by atoms with E-state index < -0.39 is 21.7 Å². The Morgan fingerprint density at radius 1 is 1.06 bits per heavy atom. The maximum atomic E-state index is 12.1. The van der Waals surface area contributed by atoms with Crippen LogP contribution in [0.4, 0.5) is 0 Å². The SMILES string of the molecule is CCOC(=O)C1(C(=O)OCC)CC2C(C1)C2(Cl)Cl. The van der Waals surface area contributed by atoms with Crippen LogP contribution in [0, 0.1) is 17.3 Å². The van der Waals surface area contributed by atoms with Crippen molar-refractivity contribution in [2.24, 2.45) is 17.3 Å². The number of rotatable bonds is 4. The Kier molecular flexibility index (Phi) is 3.54. The molecule has 0 aromatic carbocycles. The molecule has 0 aromatic heterocycles. The van der Waals surface area contributed by atoms with Gasteiger partial charge in [0.2, 0.25) is 0 Å². The molecule has 2 fully saturated rings. The molecule has 0 bridgehead atoms. The Morgan fingerprint density at radius 2 is 1.44 bits per heavy atom. The van der Waals surface area contributed by atoms with Crippen LogP contribution in [0.25, 0.3) is 0 Å². The number of hydrogen-bond donors (Lipinski definition) is 0. The molecule has 0 aromatic rings. The van der Waals surface area contributed by atoms with Crippen LogP contribution in [0.2, 0.25) is 0 Å². The summed E-state index contributed by atoms with van der Waals surface area (Å²) in [6, 6.07) is 0. The fourth-order valence-corrected chi connectivity index (χ4v) is 3.60. The molecular formula is C12H16Cl2O4. The number of alkyl halides is 2. The molecule has 0 amide bonds. The molecule has 0 saturated heterocycles. The topological polar surface area (TPSA) is 52.6 Å². The molecule has 0 heterocycles. The van der Waals surface area contributed by atoms with Gasteiger partial charge in [-0.05, 0) is 38.5 Å². The minimum absolute atomic E-state index is 0.0188. The summed E-state index contributed by atoms with van der Waals surface area (Å²) < 4.78 is 9.23. The summed E-state index contributed by atoms with van der Waals surface area (Å²) in [6.45, 7) is 3.89. The highest BCUT2D eigenvalue weighted by Gasteiger charge is 2.75. The van der Waals surface area contributed by atoms with Gasteiger partial charge in [-0.2, -0.15) is 0 Å². The van der Waals surface area contributed by atoms with Crippen LogP contribution >= 0.6 is 23.2 Å². The number of esters is 2. The van der Waals surface area contributed by atoms with Gasteiger partial charge in [0.05, 0.1) is 13.2 Å². The number of hydrogen-bond acceptors (Lipinski definition) is 4. The van der Waals surface area contributed by atoms with Crippen LogP contribution in [-0.4, -0.2) is 29.5 Å². The molecule has 2 atom stereocenters. The van der Waals surface area contributed by atoms with Crippen molar-refractivity contribution >= 4 is 35.1 Å². The summed E-state index contributed by atoms with van der Waals surface area (Å²) in [5.74, 6) is -1.07. The van der Waals surface area contributed by atoms with Gasteiger partial charge in [0.25, 0.3) is 0 Å². The van der Waals surface area contributed by atoms with Crippen LogP contribution in [0.15, 0.2) is 0 Å². The number of carbonyl (C=O) groups is 2. The summed E-state index contributed by atoms with van der Waals surface area (Å²) in [4.78, 5) is 24.1. The molecule has 0 aliphatic heterocycles. The van der Waals surface area contributed by atoms with Crippen molar-refractivity contribution in [2.75, 3.05) is 13.2 Å². The Labute approximate surface area is 116 Å². The monoisotopic (exact) mass is 294 g/mol. The Hall–Kier alpha value is -0.480. The van der Waals surface area contributed by atoms with E-state index in [1.54, 1.807) is 13.8 Å². The molecule has 2 aliphatic carbocycles. The van der Waals surface area contributed by atoms with E-state index in [2.05, 4.69) is 0 Å². The molecule has 0 N–H and O–H groups in total. The van der Waals surface area contributed by atoms with Crippen molar-refractivity contribution in [2.45, 2.75) is 31.0 Å². The Bertz CT molecular complexity index is 346. The van der Waals surface area contributed by atoms with Crippen molar-refractivity contribution in [3.8, 4) is 0 Å². The third kappa shape index (κ3) is 1.90. The number of ether oxygens (including phenoxy) is 2. The van der Waals surface area contributed by atoms with Crippen LogP contribution in [0.3, 0.4) is 0 Å². The zero-order chi connectivity index (χ0) is 13.6. The molecule has 0 spiro atoms. The Morgan fingerprint density at radius 3 is 1.78 bits per heavy atom. The van der Waals surface area contributed by atoms with E-state index in [0.717, 1.165) is 0 Å². The summed E-state index contributed by atoms with van der Waals surface area (Å²) >= 11 is 12.1. The molecule has 2 aliphatic rings. The van der Waals surface area contributed by atoms with E-state index in [1.807, 2.05) is 0 Å². The molecule has 2 unspecified atom stereocenters. The third-order valence-electron chi connectivity index (χ3n) is 3.83. The summed E-state index contributed by atoms with van der Waals surface area (Å²) in [5.41, 5.74) is -1.20. The highest BCUT2D eigenvalue weighted by atomic mass is 35.5. The van der Waals surface area contributed by atoms with Crippen LogP contribution in [-0.2, 0) is 19.1 Å². The van der Waals surface area contributed by atoms with Gasteiger partial charge in [0.15, 0.2) is 5.41 Å². The van der Waals surface area contributed by atoms with E-state index in [9.17, 15) is 9.59 Å². The number of halogens is 2. The predicted octanol–water partition coefficient (Wildman–Crippen LogP) is 2.31. The molecule has 2 rings (SSSR count). The fraction of sp³-hybridized carbons (Fsp3) is 0.833. The maximum absolute atomic E-state index is 12.1. The molecule has 2 saturated carbocycles. The van der Waals surface area contributed by atoms with Crippen molar-refractivity contribution in [1.82, 2.24) is 0 Å². The minimum atomic E-state index is -1.20. The van der Waals surface area contributed by atoms with E-state index in [1.165, 1.54) is 0 Å². The standard InChI is InChI=1S/C12H16Cl2O4/c1-3-17-9(15)11(10(16)18-4-2)5-7-8(6-11)12(7,13)14/h7-8H,3-6H2,1-2H3. The van der Waals surface area contributed by atoms with Crippen LogP contribution < -0.4 is 0 Å². The van der Waals surface area contributed by atoms with Crippen molar-refractivity contribution < 1.29 is 19.1 Å². The second kappa shape index (κ2) is 4.57. The summed E-state index contributed by atoms with van der Waals surface area (Å²) in [5, 5.41) is 0. The fourth-order valence-electron chi connectivity index (χ4n) is 2.81. The Balaban J connectivity index is 2.17. The quantitative estimate of drug-likeness (QED) is 0.454. The van der Waals surface area contributed by atoms with E-state index in [0.29, 0.717) is 12.8 Å². The zero-order valence-electron chi connectivity index (χ0n) is 10.4. The lowest BCUT2D eigenvalue weighted by molar-refractivity contribution is -0.172. The first-order valence-corrected chi connectivity index (χ1v) is 6.88. The van der Waals surface area contributed by atoms with E-state index in [-0.39, 0.29) is 25.0 Å². The first-order valence-electron chi connectivity index (χ1n) is 6.12. The number of carbonyl (C=O) groups excluding carboxylic acids is 2. The molecule has 4 nitrogen and oxygen atoms in total. The second-order valence-corrected chi connectivity index (χ2v) is 6.26. The van der Waals surface area contributed by atoms with Gasteiger partial charge in [0.1, 0.15) is 4.33 Å². The van der Waals surface area contributed by atoms with Gasteiger partial charge in [-0.25, -0.2) is 0 Å². The second-order valence-electron chi connectivity index (χ2n) is 4.82. The molecule has 6 heteroatoms. The summed E-state index contributed by atoms with van der Waals surface area (Å²) in [6.07, 6.45) is 0.644. The van der Waals surface area contributed by atoms with E-state index >= 15 is 0 Å². The van der Waals surface area contributed by atoms with Gasteiger partial charge in [-0.3, -0.25) is 9.59 Å². The smallest absolute Gasteiger partial charge is 0.323 e. The van der Waals surface area contributed by atoms with Gasteiger partial charge in [-0.1, -0.05) is 0 Å². The molecule has 102 valence electrons. The normalized spacial score (nSPS) is 30.4.